The number of halogens is 2. The normalized spacial score (nSPS) is 8.42. The molecule has 0 amide bonds. The summed E-state index contributed by atoms with van der Waals surface area (Å²) in [6.45, 7) is 4.00. The fourth-order valence-electron chi connectivity index (χ4n) is 0.598. The molecule has 0 spiro atoms. The summed E-state index contributed by atoms with van der Waals surface area (Å²) in [4.78, 5) is 3.39. The summed E-state index contributed by atoms with van der Waals surface area (Å²) in [5.41, 5.74) is 0.313. The average molecular weight is 191 g/mol. The van der Waals surface area contributed by atoms with E-state index >= 15 is 0 Å². The molecule has 1 aromatic rings. The van der Waals surface area contributed by atoms with Crippen LogP contribution in [0.15, 0.2) is 12.3 Å². The van der Waals surface area contributed by atoms with Crippen molar-refractivity contribution < 1.29 is 4.39 Å². The van der Waals surface area contributed by atoms with E-state index in [2.05, 4.69) is 10.3 Å². The Hall–Kier alpha value is -0.830. The van der Waals surface area contributed by atoms with Gasteiger partial charge in [0, 0.05) is 13.2 Å². The minimum absolute atomic E-state index is 0.313. The number of pyridine rings is 1. The largest absolute Gasteiger partial charge is 0.384 e. The van der Waals surface area contributed by atoms with E-state index in [0.29, 0.717) is 10.7 Å². The number of hydrogen-bond acceptors (Lipinski definition) is 2. The highest BCUT2D eigenvalue weighted by molar-refractivity contribution is 6.30. The molecule has 0 aliphatic rings. The predicted molar refractivity (Wildman–Crippen MR) is 50.1 cm³/mol. The standard InChI is InChI=1S/C6H6ClFN2.C2H6/c1-9-5-2-4(7)3-10-6(5)8;1-2/h2-3,9H,1H3;1-2H3. The molecular formula is C8H12ClFN2. The zero-order chi connectivity index (χ0) is 9.56. The van der Waals surface area contributed by atoms with Crippen molar-refractivity contribution in [2.45, 2.75) is 13.8 Å². The summed E-state index contributed by atoms with van der Waals surface area (Å²) >= 11 is 5.53. The molecule has 0 unspecified atom stereocenters. The molecule has 0 aromatic carbocycles. The van der Waals surface area contributed by atoms with Gasteiger partial charge in [-0.15, -0.1) is 0 Å². The molecule has 0 radical (unpaired) electrons. The Morgan fingerprint density at radius 1 is 1.50 bits per heavy atom. The van der Waals surface area contributed by atoms with E-state index in [-0.39, 0.29) is 0 Å². The van der Waals surface area contributed by atoms with E-state index in [1.807, 2.05) is 13.8 Å². The maximum Gasteiger partial charge on any atom is 0.236 e. The van der Waals surface area contributed by atoms with E-state index < -0.39 is 5.95 Å². The second kappa shape index (κ2) is 5.77. The first-order chi connectivity index (χ1) is 5.74. The highest BCUT2D eigenvalue weighted by atomic mass is 35.5. The lowest BCUT2D eigenvalue weighted by Crippen LogP contribution is -1.94. The van der Waals surface area contributed by atoms with Crippen LogP contribution in [-0.4, -0.2) is 12.0 Å². The quantitative estimate of drug-likeness (QED) is 0.689. The summed E-state index contributed by atoms with van der Waals surface area (Å²) in [5, 5.41) is 3.04. The molecule has 1 N–H and O–H groups in total. The fraction of sp³-hybridized carbons (Fsp3) is 0.375. The van der Waals surface area contributed by atoms with Crippen LogP contribution in [0.2, 0.25) is 5.02 Å². The Kier molecular flexibility index (Phi) is 5.37. The fourth-order valence-corrected chi connectivity index (χ4v) is 0.756. The second-order valence-electron chi connectivity index (χ2n) is 1.74. The van der Waals surface area contributed by atoms with Gasteiger partial charge in [0.15, 0.2) is 0 Å². The lowest BCUT2D eigenvalue weighted by molar-refractivity contribution is 0.588. The van der Waals surface area contributed by atoms with Crippen LogP contribution in [0.5, 0.6) is 0 Å². The number of rotatable bonds is 1. The predicted octanol–water partition coefficient (Wildman–Crippen LogP) is 2.94. The Labute approximate surface area is 76.8 Å². The number of aromatic nitrogens is 1. The third-order valence-electron chi connectivity index (χ3n) is 1.08. The summed E-state index contributed by atoms with van der Waals surface area (Å²) in [6.07, 6.45) is 1.26. The Bertz CT molecular complexity index is 240. The van der Waals surface area contributed by atoms with Gasteiger partial charge < -0.3 is 5.32 Å². The Morgan fingerprint density at radius 3 is 2.50 bits per heavy atom. The average Bonchev–Trinajstić information content (AvgIpc) is 2.13. The van der Waals surface area contributed by atoms with Gasteiger partial charge in [0.25, 0.3) is 0 Å². The Balaban J connectivity index is 0.000000561. The molecule has 4 heteroatoms. The van der Waals surface area contributed by atoms with Gasteiger partial charge in [-0.25, -0.2) is 4.98 Å². The van der Waals surface area contributed by atoms with E-state index in [4.69, 9.17) is 11.6 Å². The van der Waals surface area contributed by atoms with Crippen LogP contribution in [0.25, 0.3) is 0 Å². The molecule has 0 bridgehead atoms. The molecule has 0 atom stereocenters. The summed E-state index contributed by atoms with van der Waals surface area (Å²) in [7, 11) is 1.61. The van der Waals surface area contributed by atoms with Gasteiger partial charge in [0.1, 0.15) is 0 Å². The first-order valence-corrected chi connectivity index (χ1v) is 4.10. The van der Waals surface area contributed by atoms with Crippen LogP contribution in [-0.2, 0) is 0 Å². The summed E-state index contributed by atoms with van der Waals surface area (Å²) in [6, 6.07) is 1.48. The van der Waals surface area contributed by atoms with E-state index in [9.17, 15) is 4.39 Å². The van der Waals surface area contributed by atoms with Crippen LogP contribution >= 0.6 is 11.6 Å². The maximum atomic E-state index is 12.5. The highest BCUT2D eigenvalue weighted by Gasteiger charge is 1.99. The van der Waals surface area contributed by atoms with Crippen LogP contribution in [0.3, 0.4) is 0 Å². The lowest BCUT2D eigenvalue weighted by Gasteiger charge is -1.99. The van der Waals surface area contributed by atoms with Crippen molar-refractivity contribution in [3.05, 3.63) is 23.2 Å². The zero-order valence-electron chi connectivity index (χ0n) is 7.36. The first-order valence-electron chi connectivity index (χ1n) is 3.73. The van der Waals surface area contributed by atoms with Gasteiger partial charge in [-0.05, 0) is 6.07 Å². The summed E-state index contributed by atoms with van der Waals surface area (Å²) in [5.74, 6) is -0.535. The van der Waals surface area contributed by atoms with E-state index in [1.165, 1.54) is 12.3 Å². The van der Waals surface area contributed by atoms with Gasteiger partial charge in [0.2, 0.25) is 5.95 Å². The molecule has 68 valence electrons. The van der Waals surface area contributed by atoms with Gasteiger partial charge >= 0.3 is 0 Å². The van der Waals surface area contributed by atoms with Crippen LogP contribution in [0, 0.1) is 5.95 Å². The molecule has 2 nitrogen and oxygen atoms in total. The molecule has 1 rings (SSSR count). The minimum Gasteiger partial charge on any atom is -0.384 e. The third-order valence-corrected chi connectivity index (χ3v) is 1.28. The Morgan fingerprint density at radius 2 is 2.08 bits per heavy atom. The SMILES string of the molecule is CC.CNc1cc(Cl)cnc1F. The molecule has 0 aliphatic heterocycles. The molecule has 0 fully saturated rings. The topological polar surface area (TPSA) is 24.9 Å². The maximum absolute atomic E-state index is 12.5. The molecule has 0 saturated heterocycles. The van der Waals surface area contributed by atoms with E-state index in [0.717, 1.165) is 0 Å². The van der Waals surface area contributed by atoms with Crippen molar-refractivity contribution in [3.8, 4) is 0 Å². The monoisotopic (exact) mass is 190 g/mol. The molecule has 1 aromatic heterocycles. The first kappa shape index (κ1) is 11.2. The van der Waals surface area contributed by atoms with Crippen LogP contribution in [0.4, 0.5) is 10.1 Å². The molecule has 0 aliphatic carbocycles. The van der Waals surface area contributed by atoms with Crippen molar-refractivity contribution in [2.75, 3.05) is 12.4 Å². The number of nitrogens with one attached hydrogen (secondary N) is 1. The number of anilines is 1. The van der Waals surface area contributed by atoms with Crippen molar-refractivity contribution >= 4 is 17.3 Å². The molecular weight excluding hydrogens is 179 g/mol. The van der Waals surface area contributed by atoms with Gasteiger partial charge in [0.05, 0.1) is 10.7 Å². The molecule has 12 heavy (non-hydrogen) atoms. The zero-order valence-corrected chi connectivity index (χ0v) is 8.11. The summed E-state index contributed by atoms with van der Waals surface area (Å²) < 4.78 is 12.5. The number of hydrogen-bond donors (Lipinski definition) is 1. The lowest BCUT2D eigenvalue weighted by atomic mass is 10.4. The molecule has 0 saturated carbocycles. The van der Waals surface area contributed by atoms with Crippen LogP contribution < -0.4 is 5.32 Å². The van der Waals surface area contributed by atoms with Gasteiger partial charge in [-0.2, -0.15) is 4.39 Å². The van der Waals surface area contributed by atoms with Gasteiger partial charge in [-0.1, -0.05) is 25.4 Å². The van der Waals surface area contributed by atoms with Crippen molar-refractivity contribution in [1.82, 2.24) is 4.98 Å². The number of nitrogens with zero attached hydrogens (tertiary/aromatic N) is 1. The van der Waals surface area contributed by atoms with E-state index in [1.54, 1.807) is 7.05 Å². The smallest absolute Gasteiger partial charge is 0.236 e. The second-order valence-corrected chi connectivity index (χ2v) is 2.18. The van der Waals surface area contributed by atoms with Crippen LogP contribution in [0.1, 0.15) is 13.8 Å². The van der Waals surface area contributed by atoms with Crippen molar-refractivity contribution in [1.29, 1.82) is 0 Å². The highest BCUT2D eigenvalue weighted by Crippen LogP contribution is 2.15. The van der Waals surface area contributed by atoms with Crippen molar-refractivity contribution in [2.24, 2.45) is 0 Å². The molecule has 1 heterocycles. The minimum atomic E-state index is -0.535. The third kappa shape index (κ3) is 3.05. The van der Waals surface area contributed by atoms with Crippen molar-refractivity contribution in [3.63, 3.8) is 0 Å². The van der Waals surface area contributed by atoms with Gasteiger partial charge in [-0.3, -0.25) is 0 Å².